The number of morpholine rings is 1. The van der Waals surface area contributed by atoms with Crippen molar-refractivity contribution in [3.63, 3.8) is 0 Å². The van der Waals surface area contributed by atoms with Gasteiger partial charge < -0.3 is 9.47 Å². The van der Waals surface area contributed by atoms with Crippen LogP contribution in [-0.4, -0.2) is 44.4 Å². The van der Waals surface area contributed by atoms with Gasteiger partial charge in [0.1, 0.15) is 12.4 Å². The van der Waals surface area contributed by atoms with Crippen molar-refractivity contribution in [2.75, 3.05) is 39.5 Å². The quantitative estimate of drug-likeness (QED) is 0.853. The molecule has 1 saturated heterocycles. The maximum Gasteiger partial charge on any atom is 0.130 e. The molecule has 0 aliphatic carbocycles. The third kappa shape index (κ3) is 2.94. The maximum absolute atomic E-state index is 6.07. The van der Waals surface area contributed by atoms with Gasteiger partial charge in [-0.05, 0) is 17.9 Å². The molecule has 0 saturated carbocycles. The molecule has 0 radical (unpaired) electrons. The highest BCUT2D eigenvalue weighted by molar-refractivity contribution is 5.89. The summed E-state index contributed by atoms with van der Waals surface area (Å²) in [5.74, 6) is 1.02. The lowest BCUT2D eigenvalue weighted by molar-refractivity contribution is 0.0323. The lowest BCUT2D eigenvalue weighted by Gasteiger charge is -2.26. The topological polar surface area (TPSA) is 21.7 Å². The molecule has 3 rings (SSSR count). The summed E-state index contributed by atoms with van der Waals surface area (Å²) in [4.78, 5) is 2.39. The van der Waals surface area contributed by atoms with E-state index in [2.05, 4.69) is 48.2 Å². The second-order valence-electron chi connectivity index (χ2n) is 5.24. The van der Waals surface area contributed by atoms with E-state index in [1.54, 1.807) is 0 Å². The number of ether oxygens (including phenoxy) is 2. The Labute approximate surface area is 120 Å². The van der Waals surface area contributed by atoms with Crippen LogP contribution in [-0.2, 0) is 4.74 Å². The predicted octanol–water partition coefficient (Wildman–Crippen LogP) is 2.86. The number of fused-ring (bicyclic) bond motifs is 1. The molecule has 0 amide bonds. The first kappa shape index (κ1) is 13.4. The van der Waals surface area contributed by atoms with Crippen LogP contribution in [0.5, 0.6) is 5.75 Å². The molecule has 1 aliphatic heterocycles. The summed E-state index contributed by atoms with van der Waals surface area (Å²) in [5, 5.41) is 2.44. The lowest BCUT2D eigenvalue weighted by atomic mass is 10.1. The molecule has 1 aliphatic rings. The molecule has 0 atom stereocenters. The van der Waals surface area contributed by atoms with Crippen molar-refractivity contribution < 1.29 is 9.47 Å². The van der Waals surface area contributed by atoms with E-state index in [4.69, 9.17) is 9.47 Å². The third-order valence-corrected chi connectivity index (χ3v) is 3.83. The third-order valence-electron chi connectivity index (χ3n) is 3.83. The van der Waals surface area contributed by atoms with Crippen molar-refractivity contribution in [3.05, 3.63) is 42.0 Å². The largest absolute Gasteiger partial charge is 0.491 e. The standard InChI is InChI=1S/C17H21NO2/c1-14-6-7-15-4-2-3-5-16(15)17(14)20-13-10-18-8-11-19-12-9-18/h2-7H,8-13H2,1H3. The maximum atomic E-state index is 6.07. The van der Waals surface area contributed by atoms with Crippen molar-refractivity contribution >= 4 is 10.8 Å². The molecule has 106 valence electrons. The van der Waals surface area contributed by atoms with Gasteiger partial charge in [0.15, 0.2) is 0 Å². The summed E-state index contributed by atoms with van der Waals surface area (Å²) < 4.78 is 11.4. The van der Waals surface area contributed by atoms with Gasteiger partial charge in [0.05, 0.1) is 13.2 Å². The average Bonchev–Trinajstić information content (AvgIpc) is 2.50. The summed E-state index contributed by atoms with van der Waals surface area (Å²) in [6, 6.07) is 12.7. The fraction of sp³-hybridized carbons (Fsp3) is 0.412. The Morgan fingerprint density at radius 1 is 1.10 bits per heavy atom. The average molecular weight is 271 g/mol. The van der Waals surface area contributed by atoms with Crippen molar-refractivity contribution in [3.8, 4) is 5.75 Å². The van der Waals surface area contributed by atoms with Gasteiger partial charge in [0.25, 0.3) is 0 Å². The fourth-order valence-corrected chi connectivity index (χ4v) is 2.65. The molecular weight excluding hydrogens is 250 g/mol. The van der Waals surface area contributed by atoms with E-state index < -0.39 is 0 Å². The van der Waals surface area contributed by atoms with Gasteiger partial charge in [0.2, 0.25) is 0 Å². The first-order chi connectivity index (χ1) is 9.84. The van der Waals surface area contributed by atoms with Gasteiger partial charge in [-0.1, -0.05) is 36.4 Å². The predicted molar refractivity (Wildman–Crippen MR) is 81.4 cm³/mol. The lowest BCUT2D eigenvalue weighted by Crippen LogP contribution is -2.38. The van der Waals surface area contributed by atoms with Crippen molar-refractivity contribution in [1.82, 2.24) is 4.90 Å². The number of rotatable bonds is 4. The molecule has 0 aromatic heterocycles. The minimum atomic E-state index is 0.731. The van der Waals surface area contributed by atoms with Crippen LogP contribution in [0.25, 0.3) is 10.8 Å². The second kappa shape index (κ2) is 6.25. The molecule has 0 N–H and O–H groups in total. The Bertz CT molecular complexity index is 576. The molecule has 0 bridgehead atoms. The summed E-state index contributed by atoms with van der Waals surface area (Å²) in [5.41, 5.74) is 1.20. The first-order valence-electron chi connectivity index (χ1n) is 7.26. The van der Waals surface area contributed by atoms with Crippen LogP contribution in [0.3, 0.4) is 0 Å². The zero-order valence-electron chi connectivity index (χ0n) is 12.0. The SMILES string of the molecule is Cc1ccc2ccccc2c1OCCN1CCOCC1. The number of benzene rings is 2. The fourth-order valence-electron chi connectivity index (χ4n) is 2.65. The Morgan fingerprint density at radius 3 is 2.75 bits per heavy atom. The van der Waals surface area contributed by atoms with Crippen LogP contribution in [0, 0.1) is 6.92 Å². The van der Waals surface area contributed by atoms with Crippen LogP contribution in [0.2, 0.25) is 0 Å². The van der Waals surface area contributed by atoms with Crippen molar-refractivity contribution in [2.24, 2.45) is 0 Å². The van der Waals surface area contributed by atoms with E-state index >= 15 is 0 Å². The van der Waals surface area contributed by atoms with Gasteiger partial charge in [-0.3, -0.25) is 4.90 Å². The van der Waals surface area contributed by atoms with E-state index in [9.17, 15) is 0 Å². The Kier molecular flexibility index (Phi) is 4.19. The highest BCUT2D eigenvalue weighted by atomic mass is 16.5. The monoisotopic (exact) mass is 271 g/mol. The van der Waals surface area contributed by atoms with Crippen LogP contribution in [0.1, 0.15) is 5.56 Å². The molecule has 0 spiro atoms. The van der Waals surface area contributed by atoms with Gasteiger partial charge in [-0.2, -0.15) is 0 Å². The van der Waals surface area contributed by atoms with Crippen LogP contribution < -0.4 is 4.74 Å². The molecule has 3 heteroatoms. The van der Waals surface area contributed by atoms with E-state index in [0.717, 1.165) is 45.2 Å². The zero-order chi connectivity index (χ0) is 13.8. The van der Waals surface area contributed by atoms with Gasteiger partial charge in [0, 0.05) is 25.0 Å². The molecule has 1 heterocycles. The number of hydrogen-bond acceptors (Lipinski definition) is 3. The number of aryl methyl sites for hydroxylation is 1. The Balaban J connectivity index is 1.68. The van der Waals surface area contributed by atoms with Gasteiger partial charge in [-0.25, -0.2) is 0 Å². The molecule has 1 fully saturated rings. The Hall–Kier alpha value is -1.58. The molecular formula is C17H21NO2. The van der Waals surface area contributed by atoms with Crippen LogP contribution in [0.15, 0.2) is 36.4 Å². The highest BCUT2D eigenvalue weighted by Crippen LogP contribution is 2.29. The second-order valence-corrected chi connectivity index (χ2v) is 5.24. The zero-order valence-corrected chi connectivity index (χ0v) is 12.0. The van der Waals surface area contributed by atoms with E-state index in [1.807, 2.05) is 0 Å². The smallest absolute Gasteiger partial charge is 0.130 e. The summed E-state index contributed by atoms with van der Waals surface area (Å²) in [7, 11) is 0. The van der Waals surface area contributed by atoms with Crippen LogP contribution in [0.4, 0.5) is 0 Å². The molecule has 2 aromatic rings. The highest BCUT2D eigenvalue weighted by Gasteiger charge is 2.11. The first-order valence-corrected chi connectivity index (χ1v) is 7.26. The van der Waals surface area contributed by atoms with E-state index in [-0.39, 0.29) is 0 Å². The molecule has 3 nitrogen and oxygen atoms in total. The van der Waals surface area contributed by atoms with Crippen LogP contribution >= 0.6 is 0 Å². The van der Waals surface area contributed by atoms with Gasteiger partial charge in [-0.15, -0.1) is 0 Å². The minimum absolute atomic E-state index is 0.731. The molecule has 0 unspecified atom stereocenters. The minimum Gasteiger partial charge on any atom is -0.491 e. The normalized spacial score (nSPS) is 16.4. The molecule has 2 aromatic carbocycles. The summed E-state index contributed by atoms with van der Waals surface area (Å²) in [6.45, 7) is 7.51. The number of hydrogen-bond donors (Lipinski definition) is 0. The summed E-state index contributed by atoms with van der Waals surface area (Å²) >= 11 is 0. The van der Waals surface area contributed by atoms with E-state index in [1.165, 1.54) is 16.3 Å². The van der Waals surface area contributed by atoms with Gasteiger partial charge >= 0.3 is 0 Å². The molecule has 20 heavy (non-hydrogen) atoms. The Morgan fingerprint density at radius 2 is 1.90 bits per heavy atom. The number of nitrogens with zero attached hydrogens (tertiary/aromatic N) is 1. The summed E-state index contributed by atoms with van der Waals surface area (Å²) in [6.07, 6.45) is 0. The van der Waals surface area contributed by atoms with Crippen molar-refractivity contribution in [1.29, 1.82) is 0 Å². The van der Waals surface area contributed by atoms with Crippen molar-refractivity contribution in [2.45, 2.75) is 6.92 Å². The van der Waals surface area contributed by atoms with E-state index in [0.29, 0.717) is 0 Å².